The van der Waals surface area contributed by atoms with Crippen LogP contribution in [0.2, 0.25) is 0 Å². The highest BCUT2D eigenvalue weighted by molar-refractivity contribution is 5.81. The molecule has 14 atom stereocenters. The first-order valence-corrected chi connectivity index (χ1v) is 13.6. The third-order valence-corrected chi connectivity index (χ3v) is 7.59. The van der Waals surface area contributed by atoms with Gasteiger partial charge < -0.3 is 83.2 Å². The van der Waals surface area contributed by atoms with Crippen molar-refractivity contribution in [2.45, 2.75) is 105 Å². The van der Waals surface area contributed by atoms with Gasteiger partial charge in [-0.25, -0.2) is 0 Å². The van der Waals surface area contributed by atoms with Gasteiger partial charge in [0, 0.05) is 19.1 Å². The first-order valence-electron chi connectivity index (χ1n) is 13.6. The summed E-state index contributed by atoms with van der Waals surface area (Å²) in [7, 11) is 0. The van der Waals surface area contributed by atoms with Crippen LogP contribution in [-0.2, 0) is 23.7 Å². The van der Waals surface area contributed by atoms with Crippen molar-refractivity contribution in [2.24, 2.45) is 22.9 Å². The van der Waals surface area contributed by atoms with E-state index in [2.05, 4.69) is 10.6 Å². The minimum Gasteiger partial charge on any atom is -0.394 e. The average molecular weight is 596 g/mol. The fraction of sp³-hybridized carbons (Fsp3) is 0.913. The third kappa shape index (κ3) is 8.27. The Balaban J connectivity index is 1.79. The third-order valence-electron chi connectivity index (χ3n) is 7.59. The SMILES string of the molecule is N=C(CO)NC[C@@H]1CCC(N)[C@@H](OC2C(O)C(O[C@H]3OC(CO)C(O)[C@H](N)C3O)[C@H](NC(=O)[C@@H](O)CN)C[C@@H]2N)O1. The van der Waals surface area contributed by atoms with Crippen molar-refractivity contribution < 1.29 is 54.4 Å². The molecule has 0 aromatic heterocycles. The van der Waals surface area contributed by atoms with Crippen molar-refractivity contribution in [2.75, 3.05) is 26.3 Å². The first kappa shape index (κ1) is 33.9. The summed E-state index contributed by atoms with van der Waals surface area (Å²) in [6.07, 6.45) is -11.8. The van der Waals surface area contributed by atoms with Gasteiger partial charge in [-0.05, 0) is 19.3 Å². The Kier molecular flexibility index (Phi) is 12.6. The summed E-state index contributed by atoms with van der Waals surface area (Å²) >= 11 is 0. The van der Waals surface area contributed by atoms with Gasteiger partial charge in [-0.15, -0.1) is 0 Å². The summed E-state index contributed by atoms with van der Waals surface area (Å²) in [5.74, 6) is -0.932. The van der Waals surface area contributed by atoms with Gasteiger partial charge in [0.25, 0.3) is 0 Å². The Morgan fingerprint density at radius 1 is 0.976 bits per heavy atom. The Hall–Kier alpha value is -1.62. The van der Waals surface area contributed by atoms with E-state index in [4.69, 9.17) is 52.4 Å². The van der Waals surface area contributed by atoms with E-state index in [1.165, 1.54) is 0 Å². The Morgan fingerprint density at radius 2 is 1.66 bits per heavy atom. The van der Waals surface area contributed by atoms with Crippen LogP contribution in [0.5, 0.6) is 0 Å². The lowest BCUT2D eigenvalue weighted by Crippen LogP contribution is -2.69. The van der Waals surface area contributed by atoms with E-state index in [9.17, 15) is 30.3 Å². The van der Waals surface area contributed by atoms with E-state index < -0.39 is 105 Å². The number of aliphatic hydroxyl groups excluding tert-OH is 6. The van der Waals surface area contributed by atoms with Gasteiger partial charge in [0.1, 0.15) is 55.2 Å². The van der Waals surface area contributed by atoms with Crippen LogP contribution < -0.4 is 33.6 Å². The van der Waals surface area contributed by atoms with E-state index in [0.29, 0.717) is 12.8 Å². The maximum absolute atomic E-state index is 12.5. The topological polar surface area (TPSA) is 327 Å². The van der Waals surface area contributed by atoms with E-state index in [1.54, 1.807) is 0 Å². The number of hydrogen-bond acceptors (Lipinski definition) is 16. The highest BCUT2D eigenvalue weighted by atomic mass is 16.7. The van der Waals surface area contributed by atoms with Crippen LogP contribution in [0.15, 0.2) is 0 Å². The molecule has 17 N–H and O–H groups in total. The van der Waals surface area contributed by atoms with Crippen LogP contribution in [0.1, 0.15) is 19.3 Å². The van der Waals surface area contributed by atoms with Gasteiger partial charge >= 0.3 is 0 Å². The molecular weight excluding hydrogens is 550 g/mol. The minimum atomic E-state index is -1.58. The normalized spacial score (nSPS) is 42.3. The van der Waals surface area contributed by atoms with Gasteiger partial charge in [-0.1, -0.05) is 0 Å². The number of amides is 1. The van der Waals surface area contributed by atoms with Gasteiger partial charge in [-0.3, -0.25) is 10.2 Å². The fourth-order valence-electron chi connectivity index (χ4n) is 5.11. The molecule has 41 heavy (non-hydrogen) atoms. The molecule has 1 saturated carbocycles. The largest absolute Gasteiger partial charge is 0.394 e. The molecule has 1 aliphatic carbocycles. The number of rotatable bonds is 11. The molecule has 2 saturated heterocycles. The van der Waals surface area contributed by atoms with Crippen LogP contribution in [0, 0.1) is 5.41 Å². The Labute approximate surface area is 236 Å². The van der Waals surface area contributed by atoms with Gasteiger partial charge in [-0.2, -0.15) is 0 Å². The van der Waals surface area contributed by atoms with Crippen LogP contribution in [-0.4, -0.2) is 154 Å². The molecule has 18 heteroatoms. The minimum absolute atomic E-state index is 0.0308. The molecular formula is C23H45N7O11. The standard InChI is InChI=1S/C23H45N7O11/c24-4-12(33)21(37)30-11-3-10(26)19(40-22-9(25)2-1-8(38-22)5-29-14(27)7-32)18(36)20(11)41-23-17(35)15(28)16(34)13(6-31)39-23/h8-13,15-20,22-23,31-36H,1-7,24-26,28H2,(H2,27,29)(H,30,37)/t8-,9?,10-,11+,12-,13?,15-,16?,17?,18?,19?,20?,22+,23+/m0/s1. The fourth-order valence-corrected chi connectivity index (χ4v) is 5.11. The molecule has 0 aromatic carbocycles. The maximum Gasteiger partial charge on any atom is 0.250 e. The van der Waals surface area contributed by atoms with Crippen molar-refractivity contribution in [1.29, 1.82) is 5.41 Å². The molecule has 0 radical (unpaired) electrons. The number of amidine groups is 1. The lowest BCUT2D eigenvalue weighted by molar-refractivity contribution is -0.314. The number of nitrogens with two attached hydrogens (primary N) is 4. The molecule has 0 aromatic rings. The molecule has 0 spiro atoms. The van der Waals surface area contributed by atoms with Crippen LogP contribution in [0.25, 0.3) is 0 Å². The van der Waals surface area contributed by atoms with Crippen molar-refractivity contribution in [3.05, 3.63) is 0 Å². The monoisotopic (exact) mass is 595 g/mol. The van der Waals surface area contributed by atoms with Crippen molar-refractivity contribution in [1.82, 2.24) is 10.6 Å². The van der Waals surface area contributed by atoms with Gasteiger partial charge in [0.2, 0.25) is 5.91 Å². The molecule has 7 unspecified atom stereocenters. The molecule has 18 nitrogen and oxygen atoms in total. The molecule has 238 valence electrons. The maximum atomic E-state index is 12.5. The van der Waals surface area contributed by atoms with E-state index in [1.807, 2.05) is 0 Å². The number of nitrogens with one attached hydrogen (secondary N) is 3. The zero-order valence-corrected chi connectivity index (χ0v) is 22.6. The molecule has 3 aliphatic rings. The smallest absolute Gasteiger partial charge is 0.250 e. The molecule has 2 aliphatic heterocycles. The van der Waals surface area contributed by atoms with Crippen molar-refractivity contribution in [3.8, 4) is 0 Å². The second-order valence-electron chi connectivity index (χ2n) is 10.6. The zero-order valence-electron chi connectivity index (χ0n) is 22.6. The number of hydrogen-bond donors (Lipinski definition) is 13. The Bertz CT molecular complexity index is 861. The summed E-state index contributed by atoms with van der Waals surface area (Å²) < 4.78 is 23.4. The van der Waals surface area contributed by atoms with Crippen LogP contribution >= 0.6 is 0 Å². The highest BCUT2D eigenvalue weighted by Gasteiger charge is 2.51. The lowest BCUT2D eigenvalue weighted by Gasteiger charge is -2.48. The highest BCUT2D eigenvalue weighted by Crippen LogP contribution is 2.31. The predicted molar refractivity (Wildman–Crippen MR) is 140 cm³/mol. The summed E-state index contributed by atoms with van der Waals surface area (Å²) in [5, 5.41) is 73.5. The molecule has 3 rings (SSSR count). The van der Waals surface area contributed by atoms with Crippen molar-refractivity contribution >= 4 is 11.7 Å². The lowest BCUT2D eigenvalue weighted by atomic mass is 9.83. The predicted octanol–water partition coefficient (Wildman–Crippen LogP) is -7.19. The second-order valence-corrected chi connectivity index (χ2v) is 10.6. The molecule has 2 heterocycles. The van der Waals surface area contributed by atoms with Gasteiger partial charge in [0.05, 0.1) is 30.8 Å². The van der Waals surface area contributed by atoms with Gasteiger partial charge in [0.15, 0.2) is 12.6 Å². The van der Waals surface area contributed by atoms with E-state index in [0.717, 1.165) is 0 Å². The molecule has 0 bridgehead atoms. The zero-order chi connectivity index (χ0) is 30.4. The summed E-state index contributed by atoms with van der Waals surface area (Å²) in [6.45, 7) is -1.26. The van der Waals surface area contributed by atoms with E-state index >= 15 is 0 Å². The quantitative estimate of drug-likeness (QED) is 0.0779. The number of carbonyl (C=O) groups excluding carboxylic acids is 1. The average Bonchev–Trinajstić information content (AvgIpc) is 2.96. The number of aliphatic hydroxyl groups is 6. The summed E-state index contributed by atoms with van der Waals surface area (Å²) in [6, 6.07) is -3.77. The molecule has 3 fully saturated rings. The van der Waals surface area contributed by atoms with E-state index in [-0.39, 0.29) is 25.3 Å². The first-order chi connectivity index (χ1) is 19.4. The Morgan fingerprint density at radius 3 is 2.29 bits per heavy atom. The summed E-state index contributed by atoms with van der Waals surface area (Å²) in [4.78, 5) is 12.5. The van der Waals surface area contributed by atoms with Crippen LogP contribution in [0.4, 0.5) is 0 Å². The summed E-state index contributed by atoms with van der Waals surface area (Å²) in [5.41, 5.74) is 23.8. The van der Waals surface area contributed by atoms with Crippen molar-refractivity contribution in [3.63, 3.8) is 0 Å². The second kappa shape index (κ2) is 15.2. The van der Waals surface area contributed by atoms with Crippen LogP contribution in [0.3, 0.4) is 0 Å². The number of ether oxygens (including phenoxy) is 4. The molecule has 1 amide bonds. The number of carbonyl (C=O) groups is 1.